The molecule has 0 aliphatic carbocycles. The van der Waals surface area contributed by atoms with Crippen LogP contribution in [-0.4, -0.2) is 31.1 Å². The summed E-state index contributed by atoms with van der Waals surface area (Å²) in [7, 11) is 1.27. The van der Waals surface area contributed by atoms with Gasteiger partial charge in [-0.2, -0.15) is 5.10 Å². The van der Waals surface area contributed by atoms with Crippen molar-refractivity contribution in [2.24, 2.45) is 10.8 Å². The third-order valence-corrected chi connectivity index (χ3v) is 2.39. The van der Waals surface area contributed by atoms with E-state index in [4.69, 9.17) is 19.9 Å². The van der Waals surface area contributed by atoms with E-state index in [-0.39, 0.29) is 35.3 Å². The lowest BCUT2D eigenvalue weighted by Gasteiger charge is -2.07. The van der Waals surface area contributed by atoms with Gasteiger partial charge in [-0.1, -0.05) is 0 Å². The van der Waals surface area contributed by atoms with Crippen molar-refractivity contribution in [3.8, 4) is 17.2 Å². The molecule has 10 heteroatoms. The van der Waals surface area contributed by atoms with Crippen molar-refractivity contribution in [2.45, 2.75) is 0 Å². The molecule has 0 bridgehead atoms. The number of fused-ring (bicyclic) bond motifs is 1. The summed E-state index contributed by atoms with van der Waals surface area (Å²) in [5.74, 6) is 0.359. The second-order valence-corrected chi connectivity index (χ2v) is 3.57. The Morgan fingerprint density at radius 3 is 3.00 bits per heavy atom. The zero-order chi connectivity index (χ0) is 14.7. The summed E-state index contributed by atoms with van der Waals surface area (Å²) in [6.07, 6.45) is 1.06. The van der Waals surface area contributed by atoms with Gasteiger partial charge in [-0.3, -0.25) is 10.1 Å². The average molecular weight is 282 g/mol. The molecule has 106 valence electrons. The van der Waals surface area contributed by atoms with Gasteiger partial charge >= 0.3 is 11.7 Å². The van der Waals surface area contributed by atoms with Crippen LogP contribution in [-0.2, 0) is 0 Å². The van der Waals surface area contributed by atoms with E-state index in [2.05, 4.69) is 5.10 Å². The highest BCUT2D eigenvalue weighted by Crippen LogP contribution is 2.48. The van der Waals surface area contributed by atoms with Crippen molar-refractivity contribution in [1.29, 1.82) is 0 Å². The average Bonchev–Trinajstić information content (AvgIpc) is 2.84. The van der Waals surface area contributed by atoms with Crippen LogP contribution < -0.4 is 25.4 Å². The van der Waals surface area contributed by atoms with Crippen molar-refractivity contribution in [3.63, 3.8) is 0 Å². The van der Waals surface area contributed by atoms with Crippen LogP contribution in [0.1, 0.15) is 5.56 Å². The Hall–Kier alpha value is -3.04. The van der Waals surface area contributed by atoms with Gasteiger partial charge in [0.25, 0.3) is 0 Å². The molecule has 1 heterocycles. The summed E-state index contributed by atoms with van der Waals surface area (Å²) in [6, 6.07) is 0.464. The second kappa shape index (κ2) is 5.30. The number of nitrogens with zero attached hydrogens (tertiary/aromatic N) is 2. The fourth-order valence-electron chi connectivity index (χ4n) is 1.66. The van der Waals surface area contributed by atoms with Crippen LogP contribution >= 0.6 is 0 Å². The van der Waals surface area contributed by atoms with Gasteiger partial charge in [-0.05, 0) is 0 Å². The third kappa shape index (κ3) is 2.39. The number of hydrogen-bond acceptors (Lipinski definition) is 7. The number of amides is 2. The first-order chi connectivity index (χ1) is 9.54. The first-order valence-corrected chi connectivity index (χ1v) is 5.28. The number of rotatable bonds is 4. The summed E-state index contributed by atoms with van der Waals surface area (Å²) < 4.78 is 15.3. The molecule has 20 heavy (non-hydrogen) atoms. The molecule has 3 N–H and O–H groups in total. The van der Waals surface area contributed by atoms with Crippen LogP contribution in [0.15, 0.2) is 11.2 Å². The summed E-state index contributed by atoms with van der Waals surface area (Å²) in [4.78, 5) is 21.0. The molecular weight excluding hydrogens is 272 g/mol. The third-order valence-electron chi connectivity index (χ3n) is 2.39. The Balaban J connectivity index is 2.52. The number of nitrogens with one attached hydrogen (secondary N) is 1. The fraction of sp³-hybridized carbons (Fsp3) is 0.200. The lowest BCUT2D eigenvalue weighted by atomic mass is 10.1. The number of urea groups is 1. The van der Waals surface area contributed by atoms with Gasteiger partial charge in [-0.15, -0.1) is 0 Å². The predicted molar refractivity (Wildman–Crippen MR) is 66.1 cm³/mol. The normalized spacial score (nSPS) is 12.4. The zero-order valence-corrected chi connectivity index (χ0v) is 10.3. The summed E-state index contributed by atoms with van der Waals surface area (Å²) in [5.41, 5.74) is 6.49. The van der Waals surface area contributed by atoms with E-state index in [0.717, 1.165) is 6.21 Å². The van der Waals surface area contributed by atoms with E-state index in [1.807, 2.05) is 5.43 Å². The number of ether oxygens (including phenoxy) is 3. The zero-order valence-electron chi connectivity index (χ0n) is 10.3. The van der Waals surface area contributed by atoms with Crippen molar-refractivity contribution in [3.05, 3.63) is 21.7 Å². The Labute approximate surface area is 112 Å². The van der Waals surface area contributed by atoms with Crippen molar-refractivity contribution >= 4 is 17.9 Å². The van der Waals surface area contributed by atoms with E-state index in [1.54, 1.807) is 0 Å². The van der Waals surface area contributed by atoms with Crippen LogP contribution in [0, 0.1) is 10.1 Å². The molecule has 0 spiro atoms. The number of benzene rings is 1. The molecule has 1 aliphatic rings. The summed E-state index contributed by atoms with van der Waals surface area (Å²) in [5, 5.41) is 14.6. The topological polar surface area (TPSA) is 138 Å². The summed E-state index contributed by atoms with van der Waals surface area (Å²) in [6.45, 7) is -0.0665. The van der Waals surface area contributed by atoms with Crippen molar-refractivity contribution < 1.29 is 23.9 Å². The minimum atomic E-state index is -0.892. The fourth-order valence-corrected chi connectivity index (χ4v) is 1.66. The number of methoxy groups -OCH3 is 1. The maximum atomic E-state index is 11.2. The lowest BCUT2D eigenvalue weighted by Crippen LogP contribution is -2.24. The Morgan fingerprint density at radius 2 is 2.40 bits per heavy atom. The monoisotopic (exact) mass is 282 g/mol. The molecular formula is C10H10N4O6. The highest BCUT2D eigenvalue weighted by Gasteiger charge is 2.31. The maximum Gasteiger partial charge on any atom is 0.332 e. The van der Waals surface area contributed by atoms with Crippen LogP contribution in [0.25, 0.3) is 0 Å². The number of hydrazone groups is 1. The molecule has 1 aromatic rings. The van der Waals surface area contributed by atoms with Gasteiger partial charge in [-0.25, -0.2) is 10.2 Å². The van der Waals surface area contributed by atoms with Gasteiger partial charge in [0, 0.05) is 6.07 Å². The Kier molecular flexibility index (Phi) is 3.55. The molecule has 0 atom stereocenters. The van der Waals surface area contributed by atoms with Gasteiger partial charge in [0.05, 0.1) is 23.8 Å². The highest BCUT2D eigenvalue weighted by atomic mass is 16.7. The molecule has 2 amide bonds. The van der Waals surface area contributed by atoms with Gasteiger partial charge in [0.1, 0.15) is 0 Å². The van der Waals surface area contributed by atoms with E-state index in [0.29, 0.717) is 0 Å². The number of nitro benzene ring substituents is 1. The van der Waals surface area contributed by atoms with Crippen LogP contribution in [0.4, 0.5) is 10.5 Å². The Bertz CT molecular complexity index is 600. The molecule has 10 nitrogen and oxygen atoms in total. The smallest absolute Gasteiger partial charge is 0.332 e. The molecule has 0 radical (unpaired) electrons. The van der Waals surface area contributed by atoms with Crippen LogP contribution in [0.2, 0.25) is 0 Å². The first-order valence-electron chi connectivity index (χ1n) is 5.28. The molecule has 1 aromatic carbocycles. The molecule has 0 saturated heterocycles. The number of carbonyl (C=O) groups is 1. The van der Waals surface area contributed by atoms with Crippen molar-refractivity contribution in [1.82, 2.24) is 5.43 Å². The van der Waals surface area contributed by atoms with E-state index in [1.165, 1.54) is 13.2 Å². The number of nitro groups is 1. The van der Waals surface area contributed by atoms with E-state index >= 15 is 0 Å². The SMILES string of the molecule is COc1c2c(cc(/C=N\NC(N)=O)c1[N+](=O)[O-])OCO2. The minimum Gasteiger partial charge on any atom is -0.487 e. The molecule has 0 saturated carbocycles. The van der Waals surface area contributed by atoms with E-state index in [9.17, 15) is 14.9 Å². The van der Waals surface area contributed by atoms with E-state index < -0.39 is 11.0 Å². The number of primary amides is 1. The standard InChI is InChI=1S/C10H10N4O6/c1-18-9-7(14(16)17)5(3-12-13-10(11)15)2-6-8(9)20-4-19-6/h2-3H,4H2,1H3,(H3,11,13,15)/b12-3-. The maximum absolute atomic E-state index is 11.2. The van der Waals surface area contributed by atoms with Crippen molar-refractivity contribution in [2.75, 3.05) is 13.9 Å². The quantitative estimate of drug-likeness (QED) is 0.463. The van der Waals surface area contributed by atoms with Gasteiger partial charge in [0.15, 0.2) is 5.75 Å². The van der Waals surface area contributed by atoms with Gasteiger partial charge in [0.2, 0.25) is 18.3 Å². The molecule has 2 rings (SSSR count). The molecule has 1 aliphatic heterocycles. The number of carbonyl (C=O) groups excluding carboxylic acids is 1. The summed E-state index contributed by atoms with van der Waals surface area (Å²) >= 11 is 0. The molecule has 0 unspecified atom stereocenters. The van der Waals surface area contributed by atoms with Gasteiger partial charge < -0.3 is 19.9 Å². The largest absolute Gasteiger partial charge is 0.487 e. The number of hydrogen-bond donors (Lipinski definition) is 2. The van der Waals surface area contributed by atoms with Crippen LogP contribution in [0.3, 0.4) is 0 Å². The molecule has 0 fully saturated rings. The minimum absolute atomic E-state index is 0.0665. The lowest BCUT2D eigenvalue weighted by molar-refractivity contribution is -0.385. The second-order valence-electron chi connectivity index (χ2n) is 3.57. The molecule has 0 aromatic heterocycles. The number of nitrogens with two attached hydrogens (primary N) is 1. The predicted octanol–water partition coefficient (Wildman–Crippen LogP) is 0.334. The van der Waals surface area contributed by atoms with Crippen LogP contribution in [0.5, 0.6) is 17.2 Å². The first kappa shape index (κ1) is 13.4. The highest BCUT2D eigenvalue weighted by molar-refractivity contribution is 5.90. The Morgan fingerprint density at radius 1 is 1.65 bits per heavy atom.